The van der Waals surface area contributed by atoms with Gasteiger partial charge >= 0.3 is 0 Å². The number of anilines is 1. The van der Waals surface area contributed by atoms with Crippen LogP contribution in [0.3, 0.4) is 0 Å². The number of para-hydroxylation sites is 1. The van der Waals surface area contributed by atoms with E-state index < -0.39 is 10.0 Å². The van der Waals surface area contributed by atoms with Gasteiger partial charge in [-0.15, -0.1) is 0 Å². The molecule has 0 fully saturated rings. The summed E-state index contributed by atoms with van der Waals surface area (Å²) in [6.45, 7) is 8.43. The van der Waals surface area contributed by atoms with Crippen LogP contribution in [0.4, 0.5) is 5.69 Å². The van der Waals surface area contributed by atoms with Crippen molar-refractivity contribution >= 4 is 27.8 Å². The Labute approximate surface area is 224 Å². The lowest BCUT2D eigenvalue weighted by atomic mass is 10.1. The van der Waals surface area contributed by atoms with Gasteiger partial charge in [-0.2, -0.15) is 5.10 Å². The first-order valence-corrected chi connectivity index (χ1v) is 14.1. The summed E-state index contributed by atoms with van der Waals surface area (Å²) < 4.78 is 28.2. The fraction of sp³-hybridized carbons (Fsp3) is 0.200. The fourth-order valence-corrected chi connectivity index (χ4v) is 5.22. The molecule has 0 aliphatic carbocycles. The molecule has 0 aliphatic rings. The van der Waals surface area contributed by atoms with Crippen molar-refractivity contribution in [1.82, 2.24) is 9.99 Å². The standard InChI is InChI=1S/C30H32N4O3S/c1-21-11-16-29(17-22(21)2)34-23(3)18-27(24(34)4)19-31-32-30(35)26-14-12-25(13-15-26)20-33(38(5,36)37)28-9-7-6-8-10-28/h6-19H,20H2,1-5H3,(H,32,35)/b31-19+. The predicted molar refractivity (Wildman–Crippen MR) is 154 cm³/mol. The fourth-order valence-electron chi connectivity index (χ4n) is 4.33. The molecule has 196 valence electrons. The van der Waals surface area contributed by atoms with E-state index in [1.807, 2.05) is 26.0 Å². The van der Waals surface area contributed by atoms with Gasteiger partial charge in [0.1, 0.15) is 0 Å². The molecule has 1 aromatic heterocycles. The number of aromatic nitrogens is 1. The molecule has 1 heterocycles. The topological polar surface area (TPSA) is 83.8 Å². The minimum Gasteiger partial charge on any atom is -0.318 e. The van der Waals surface area contributed by atoms with E-state index in [1.54, 1.807) is 54.7 Å². The highest BCUT2D eigenvalue weighted by atomic mass is 32.2. The number of benzene rings is 3. The highest BCUT2D eigenvalue weighted by molar-refractivity contribution is 7.92. The van der Waals surface area contributed by atoms with Gasteiger partial charge in [0.15, 0.2) is 0 Å². The van der Waals surface area contributed by atoms with Crippen LogP contribution in [0, 0.1) is 27.7 Å². The number of aryl methyl sites for hydroxylation is 3. The lowest BCUT2D eigenvalue weighted by Crippen LogP contribution is -2.29. The quantitative estimate of drug-likeness (QED) is 0.244. The molecule has 0 bridgehead atoms. The van der Waals surface area contributed by atoms with Gasteiger partial charge in [0.05, 0.1) is 24.7 Å². The summed E-state index contributed by atoms with van der Waals surface area (Å²) in [4.78, 5) is 12.7. The predicted octanol–water partition coefficient (Wildman–Crippen LogP) is 5.44. The van der Waals surface area contributed by atoms with Crippen LogP contribution in [0.15, 0.2) is 84.0 Å². The van der Waals surface area contributed by atoms with Crippen molar-refractivity contribution < 1.29 is 13.2 Å². The lowest BCUT2D eigenvalue weighted by molar-refractivity contribution is 0.0955. The number of hydrogen-bond donors (Lipinski definition) is 1. The molecule has 0 saturated heterocycles. The number of hydrogen-bond acceptors (Lipinski definition) is 4. The van der Waals surface area contributed by atoms with Crippen molar-refractivity contribution in [1.29, 1.82) is 0 Å². The van der Waals surface area contributed by atoms with Gasteiger partial charge < -0.3 is 4.57 Å². The highest BCUT2D eigenvalue weighted by Crippen LogP contribution is 2.22. The third kappa shape index (κ3) is 6.03. The zero-order valence-electron chi connectivity index (χ0n) is 22.3. The Bertz CT molecular complexity index is 1590. The smallest absolute Gasteiger partial charge is 0.271 e. The Kier molecular flexibility index (Phi) is 7.83. The Morgan fingerprint density at radius 3 is 2.24 bits per heavy atom. The van der Waals surface area contributed by atoms with Crippen LogP contribution in [0.25, 0.3) is 5.69 Å². The van der Waals surface area contributed by atoms with E-state index in [9.17, 15) is 13.2 Å². The van der Waals surface area contributed by atoms with Crippen LogP contribution in [0.1, 0.15) is 44.0 Å². The normalized spacial score (nSPS) is 11.6. The number of carbonyl (C=O) groups excluding carboxylic acids is 1. The van der Waals surface area contributed by atoms with E-state index in [0.717, 1.165) is 28.2 Å². The number of rotatable bonds is 8. The molecule has 0 spiro atoms. The number of hydrazone groups is 1. The largest absolute Gasteiger partial charge is 0.318 e. The first-order valence-electron chi connectivity index (χ1n) is 12.3. The Morgan fingerprint density at radius 2 is 1.61 bits per heavy atom. The van der Waals surface area contributed by atoms with Crippen LogP contribution in [0.2, 0.25) is 0 Å². The maximum atomic E-state index is 12.7. The van der Waals surface area contributed by atoms with Crippen LogP contribution in [-0.4, -0.2) is 31.4 Å². The van der Waals surface area contributed by atoms with Crippen molar-refractivity contribution in [2.45, 2.75) is 34.2 Å². The average molecular weight is 529 g/mol. The van der Waals surface area contributed by atoms with Crippen LogP contribution < -0.4 is 9.73 Å². The van der Waals surface area contributed by atoms with Gasteiger partial charge in [-0.05, 0) is 86.8 Å². The van der Waals surface area contributed by atoms with E-state index in [-0.39, 0.29) is 12.5 Å². The zero-order valence-corrected chi connectivity index (χ0v) is 23.1. The van der Waals surface area contributed by atoms with Gasteiger partial charge in [0, 0.05) is 28.2 Å². The molecule has 1 N–H and O–H groups in total. The van der Waals surface area contributed by atoms with Gasteiger partial charge in [0.25, 0.3) is 5.91 Å². The summed E-state index contributed by atoms with van der Waals surface area (Å²) in [6, 6.07) is 24.2. The Morgan fingerprint density at radius 1 is 0.921 bits per heavy atom. The number of carbonyl (C=O) groups is 1. The van der Waals surface area contributed by atoms with E-state index in [4.69, 9.17) is 0 Å². The summed E-state index contributed by atoms with van der Waals surface area (Å²) in [6.07, 6.45) is 2.83. The zero-order chi connectivity index (χ0) is 27.4. The minimum atomic E-state index is -3.47. The van der Waals surface area contributed by atoms with Gasteiger partial charge in [-0.25, -0.2) is 13.8 Å². The van der Waals surface area contributed by atoms with E-state index in [1.165, 1.54) is 21.7 Å². The Balaban J connectivity index is 1.44. The third-order valence-corrected chi connectivity index (χ3v) is 7.72. The molecule has 8 heteroatoms. The summed E-state index contributed by atoms with van der Waals surface area (Å²) in [5.41, 5.74) is 11.0. The van der Waals surface area contributed by atoms with E-state index >= 15 is 0 Å². The molecule has 0 aliphatic heterocycles. The van der Waals surface area contributed by atoms with Crippen LogP contribution in [0.5, 0.6) is 0 Å². The van der Waals surface area contributed by atoms with Crippen molar-refractivity contribution in [3.05, 3.63) is 118 Å². The SMILES string of the molecule is Cc1ccc(-n2c(C)cc(/C=N/NC(=O)c3ccc(CN(c4ccccc4)S(C)(=O)=O)cc3)c2C)cc1C. The number of nitrogens with zero attached hydrogens (tertiary/aromatic N) is 3. The molecule has 0 saturated carbocycles. The molecule has 1 amide bonds. The molecule has 0 unspecified atom stereocenters. The maximum absolute atomic E-state index is 12.7. The third-order valence-electron chi connectivity index (χ3n) is 6.58. The summed E-state index contributed by atoms with van der Waals surface area (Å²) in [5, 5.41) is 4.18. The number of sulfonamides is 1. The number of nitrogens with one attached hydrogen (secondary N) is 1. The van der Waals surface area contributed by atoms with Crippen molar-refractivity contribution in [2.24, 2.45) is 5.10 Å². The lowest BCUT2D eigenvalue weighted by Gasteiger charge is -2.22. The molecule has 38 heavy (non-hydrogen) atoms. The second-order valence-corrected chi connectivity index (χ2v) is 11.3. The molecule has 4 rings (SSSR count). The monoisotopic (exact) mass is 528 g/mol. The van der Waals surface area contributed by atoms with Gasteiger partial charge in [0.2, 0.25) is 10.0 Å². The first kappa shape index (κ1) is 26.9. The van der Waals surface area contributed by atoms with Crippen molar-refractivity contribution in [3.63, 3.8) is 0 Å². The molecular weight excluding hydrogens is 496 g/mol. The summed E-state index contributed by atoms with van der Waals surface area (Å²) in [5.74, 6) is -0.348. The van der Waals surface area contributed by atoms with Crippen molar-refractivity contribution in [2.75, 3.05) is 10.6 Å². The van der Waals surface area contributed by atoms with Crippen molar-refractivity contribution in [3.8, 4) is 5.69 Å². The Hall–Kier alpha value is -4.17. The molecule has 0 atom stereocenters. The summed E-state index contributed by atoms with van der Waals surface area (Å²) in [7, 11) is -3.47. The second kappa shape index (κ2) is 11.1. The van der Waals surface area contributed by atoms with Gasteiger partial charge in [-0.3, -0.25) is 9.10 Å². The molecule has 0 radical (unpaired) electrons. The van der Waals surface area contributed by atoms with Crippen LogP contribution >= 0.6 is 0 Å². The minimum absolute atomic E-state index is 0.166. The highest BCUT2D eigenvalue weighted by Gasteiger charge is 2.18. The van der Waals surface area contributed by atoms with Crippen LogP contribution in [-0.2, 0) is 16.6 Å². The molecular formula is C30H32N4O3S. The number of amides is 1. The molecule has 7 nitrogen and oxygen atoms in total. The van der Waals surface area contributed by atoms with E-state index in [0.29, 0.717) is 11.3 Å². The first-order chi connectivity index (χ1) is 18.0. The van der Waals surface area contributed by atoms with Gasteiger partial charge in [-0.1, -0.05) is 36.4 Å². The molecule has 4 aromatic rings. The summed E-state index contributed by atoms with van der Waals surface area (Å²) >= 11 is 0. The second-order valence-electron chi connectivity index (χ2n) is 9.43. The maximum Gasteiger partial charge on any atom is 0.271 e. The van der Waals surface area contributed by atoms with E-state index in [2.05, 4.69) is 47.1 Å². The average Bonchev–Trinajstić information content (AvgIpc) is 3.17. The molecule has 3 aromatic carbocycles.